The highest BCUT2D eigenvalue weighted by atomic mass is 32.2. The topological polar surface area (TPSA) is 152 Å². The van der Waals surface area contributed by atoms with Crippen LogP contribution in [0.15, 0.2) is 48.7 Å². The van der Waals surface area contributed by atoms with Gasteiger partial charge in [0, 0.05) is 6.20 Å². The second kappa shape index (κ2) is 9.46. The Bertz CT molecular complexity index is 944. The Labute approximate surface area is 160 Å². The third-order valence-electron chi connectivity index (χ3n) is 3.27. The summed E-state index contributed by atoms with van der Waals surface area (Å²) in [6.45, 7) is -0.723. The smallest absolute Gasteiger partial charge is 0.322 e. The first-order valence-corrected chi connectivity index (χ1v) is 9.61. The zero-order chi connectivity index (χ0) is 20.6. The number of ether oxygens (including phenoxy) is 1. The van der Waals surface area contributed by atoms with Gasteiger partial charge in [-0.3, -0.25) is 19.4 Å². The fourth-order valence-corrected chi connectivity index (χ4v) is 2.75. The van der Waals surface area contributed by atoms with Gasteiger partial charge in [0.1, 0.15) is 30.3 Å². The lowest BCUT2D eigenvalue weighted by Crippen LogP contribution is -2.34. The second-order valence-corrected chi connectivity index (χ2v) is 7.26. The first kappa shape index (κ1) is 20.8. The van der Waals surface area contributed by atoms with Crippen LogP contribution in [0.3, 0.4) is 0 Å². The van der Waals surface area contributed by atoms with Crippen molar-refractivity contribution in [2.45, 2.75) is 0 Å². The van der Waals surface area contributed by atoms with Crippen LogP contribution >= 0.6 is 0 Å². The van der Waals surface area contributed by atoms with E-state index in [4.69, 9.17) is 9.84 Å². The zero-order valence-electron chi connectivity index (χ0n) is 14.5. The van der Waals surface area contributed by atoms with E-state index in [1.165, 1.54) is 12.1 Å². The van der Waals surface area contributed by atoms with E-state index in [9.17, 15) is 22.8 Å². The molecule has 0 bridgehead atoms. The lowest BCUT2D eigenvalue weighted by atomic mass is 10.2. The van der Waals surface area contributed by atoms with Crippen LogP contribution in [-0.2, 0) is 14.8 Å². The number of pyridine rings is 1. The standard InChI is InChI=1S/C17H17N3O7S/c21-15(22)11-19-17(24)14-7-6-12(10-18-14)16(23)20-28(25,26)9-8-27-13-4-2-1-3-5-13/h1-7,10H,8-9,11H2,(H,19,24)(H,20,23)(H,21,22). The summed E-state index contributed by atoms with van der Waals surface area (Å²) in [5.74, 6) is -2.79. The number of aliphatic carboxylic acids is 1. The van der Waals surface area contributed by atoms with E-state index in [1.54, 1.807) is 30.3 Å². The molecule has 1 aromatic carbocycles. The number of carbonyl (C=O) groups excluding carboxylic acids is 2. The van der Waals surface area contributed by atoms with Crippen molar-refractivity contribution in [3.63, 3.8) is 0 Å². The molecule has 2 aromatic rings. The van der Waals surface area contributed by atoms with Crippen molar-refractivity contribution in [1.29, 1.82) is 0 Å². The summed E-state index contributed by atoms with van der Waals surface area (Å²) in [7, 11) is -3.94. The fourth-order valence-electron chi connectivity index (χ4n) is 1.95. The second-order valence-electron chi connectivity index (χ2n) is 5.42. The molecule has 28 heavy (non-hydrogen) atoms. The van der Waals surface area contributed by atoms with Gasteiger partial charge >= 0.3 is 5.97 Å². The lowest BCUT2D eigenvalue weighted by Gasteiger charge is -2.09. The number of nitrogens with zero attached hydrogens (tertiary/aromatic N) is 1. The Hall–Kier alpha value is -3.47. The van der Waals surface area contributed by atoms with Crippen LogP contribution in [0.25, 0.3) is 0 Å². The highest BCUT2D eigenvalue weighted by Crippen LogP contribution is 2.08. The molecule has 2 rings (SSSR count). The summed E-state index contributed by atoms with van der Waals surface area (Å²) in [5, 5.41) is 10.6. The number of benzene rings is 1. The number of sulfonamides is 1. The maximum Gasteiger partial charge on any atom is 0.322 e. The maximum absolute atomic E-state index is 12.0. The van der Waals surface area contributed by atoms with Crippen molar-refractivity contribution in [3.05, 3.63) is 59.9 Å². The third kappa shape index (κ3) is 6.68. The van der Waals surface area contributed by atoms with Crippen LogP contribution in [0.2, 0.25) is 0 Å². The number of carboxylic acid groups (broad SMARTS) is 1. The molecule has 0 spiro atoms. The first-order valence-electron chi connectivity index (χ1n) is 7.95. The van der Waals surface area contributed by atoms with Crippen LogP contribution in [0.1, 0.15) is 20.8 Å². The van der Waals surface area contributed by atoms with Crippen molar-refractivity contribution < 1.29 is 32.6 Å². The van der Waals surface area contributed by atoms with Crippen molar-refractivity contribution in [3.8, 4) is 5.75 Å². The number of nitrogens with one attached hydrogen (secondary N) is 2. The molecule has 0 unspecified atom stereocenters. The summed E-state index contributed by atoms with van der Waals surface area (Å²) in [4.78, 5) is 37.8. The van der Waals surface area contributed by atoms with Crippen molar-refractivity contribution in [1.82, 2.24) is 15.0 Å². The number of para-hydroxylation sites is 1. The molecule has 0 saturated carbocycles. The van der Waals surface area contributed by atoms with Crippen LogP contribution in [0.5, 0.6) is 5.75 Å². The van der Waals surface area contributed by atoms with Crippen LogP contribution in [0, 0.1) is 0 Å². The predicted molar refractivity (Wildman–Crippen MR) is 97.4 cm³/mol. The highest BCUT2D eigenvalue weighted by Gasteiger charge is 2.17. The number of carbonyl (C=O) groups is 3. The Morgan fingerprint density at radius 3 is 2.36 bits per heavy atom. The Morgan fingerprint density at radius 1 is 1.04 bits per heavy atom. The van der Waals surface area contributed by atoms with Gasteiger partial charge < -0.3 is 15.2 Å². The molecule has 1 aromatic heterocycles. The van der Waals surface area contributed by atoms with E-state index in [0.29, 0.717) is 5.75 Å². The normalized spacial score (nSPS) is 10.7. The van der Waals surface area contributed by atoms with Gasteiger partial charge in [-0.05, 0) is 24.3 Å². The molecular weight excluding hydrogens is 390 g/mol. The molecule has 0 aliphatic heterocycles. The van der Waals surface area contributed by atoms with Crippen LogP contribution < -0.4 is 14.8 Å². The molecule has 1 heterocycles. The molecule has 0 atom stereocenters. The average Bonchev–Trinajstić information content (AvgIpc) is 2.66. The maximum atomic E-state index is 12.0. The summed E-state index contributed by atoms with van der Waals surface area (Å²) >= 11 is 0. The van der Waals surface area contributed by atoms with E-state index in [-0.39, 0.29) is 17.9 Å². The molecule has 0 fully saturated rings. The molecule has 2 amide bonds. The summed E-state index contributed by atoms with van der Waals surface area (Å²) in [5.41, 5.74) is -0.195. The quantitative estimate of drug-likeness (QED) is 0.527. The van der Waals surface area contributed by atoms with E-state index >= 15 is 0 Å². The van der Waals surface area contributed by atoms with Crippen molar-refractivity contribution in [2.75, 3.05) is 18.9 Å². The number of hydrogen-bond donors (Lipinski definition) is 3. The van der Waals surface area contributed by atoms with E-state index in [2.05, 4.69) is 10.3 Å². The van der Waals surface area contributed by atoms with Gasteiger partial charge in [0.15, 0.2) is 0 Å². The monoisotopic (exact) mass is 407 g/mol. The predicted octanol–water partition coefficient (Wildman–Crippen LogP) is 0.0346. The number of rotatable bonds is 9. The zero-order valence-corrected chi connectivity index (χ0v) is 15.3. The number of hydrogen-bond acceptors (Lipinski definition) is 7. The van der Waals surface area contributed by atoms with Gasteiger partial charge in [0.05, 0.1) is 5.56 Å². The Morgan fingerprint density at radius 2 is 1.75 bits per heavy atom. The molecule has 0 aliphatic rings. The number of amides is 2. The lowest BCUT2D eigenvalue weighted by molar-refractivity contribution is -0.135. The molecule has 3 N–H and O–H groups in total. The SMILES string of the molecule is O=C(O)CNC(=O)c1ccc(C(=O)NS(=O)(=O)CCOc2ccccc2)cn1. The Kier molecular flexibility index (Phi) is 7.04. The molecule has 11 heteroatoms. The van der Waals surface area contributed by atoms with Gasteiger partial charge in [0.2, 0.25) is 10.0 Å². The minimum atomic E-state index is -3.94. The van der Waals surface area contributed by atoms with E-state index < -0.39 is 40.1 Å². The van der Waals surface area contributed by atoms with Gasteiger partial charge in [-0.1, -0.05) is 18.2 Å². The summed E-state index contributed by atoms with van der Waals surface area (Å²) in [6.07, 6.45) is 1.01. The summed E-state index contributed by atoms with van der Waals surface area (Å²) in [6, 6.07) is 11.0. The highest BCUT2D eigenvalue weighted by molar-refractivity contribution is 7.90. The summed E-state index contributed by atoms with van der Waals surface area (Å²) < 4.78 is 31.1. The molecule has 148 valence electrons. The van der Waals surface area contributed by atoms with E-state index in [0.717, 1.165) is 6.20 Å². The molecule has 10 nitrogen and oxygen atoms in total. The van der Waals surface area contributed by atoms with Gasteiger partial charge in [-0.25, -0.2) is 13.1 Å². The molecule has 0 radical (unpaired) electrons. The minimum Gasteiger partial charge on any atom is -0.492 e. The Balaban J connectivity index is 1.88. The van der Waals surface area contributed by atoms with Crippen molar-refractivity contribution >= 4 is 27.8 Å². The van der Waals surface area contributed by atoms with Crippen LogP contribution in [-0.4, -0.2) is 55.2 Å². The third-order valence-corrected chi connectivity index (χ3v) is 4.47. The molecule has 0 saturated heterocycles. The van der Waals surface area contributed by atoms with Gasteiger partial charge in [-0.2, -0.15) is 0 Å². The molecule has 0 aliphatic carbocycles. The minimum absolute atomic E-state index is 0.0812. The fraction of sp³-hybridized carbons (Fsp3) is 0.176. The largest absolute Gasteiger partial charge is 0.492 e. The van der Waals surface area contributed by atoms with Crippen molar-refractivity contribution in [2.24, 2.45) is 0 Å². The van der Waals surface area contributed by atoms with Crippen LogP contribution in [0.4, 0.5) is 0 Å². The van der Waals surface area contributed by atoms with Gasteiger partial charge in [-0.15, -0.1) is 0 Å². The number of carboxylic acids is 1. The van der Waals surface area contributed by atoms with Gasteiger partial charge in [0.25, 0.3) is 11.8 Å². The first-order chi connectivity index (χ1) is 13.3. The number of aromatic nitrogens is 1. The average molecular weight is 407 g/mol. The molecular formula is C17H17N3O7S. The van der Waals surface area contributed by atoms with E-state index in [1.807, 2.05) is 4.72 Å².